The summed E-state index contributed by atoms with van der Waals surface area (Å²) in [5.41, 5.74) is 3.91. The summed E-state index contributed by atoms with van der Waals surface area (Å²) >= 11 is 0. The van der Waals surface area contributed by atoms with Gasteiger partial charge in [0, 0.05) is 30.8 Å². The van der Waals surface area contributed by atoms with Gasteiger partial charge in [0.05, 0.1) is 12.6 Å². The SMILES string of the molecule is COC(C[NH+](C)CC(=O)c1c(C)[nH]c2cc(C)ccc12)OC. The molecule has 5 heteroatoms. The van der Waals surface area contributed by atoms with E-state index in [1.165, 1.54) is 5.56 Å². The number of H-pyrrole nitrogens is 1. The summed E-state index contributed by atoms with van der Waals surface area (Å²) in [7, 11) is 5.18. The molecule has 0 aliphatic carbocycles. The fraction of sp³-hybridized carbons (Fsp3) is 0.471. The summed E-state index contributed by atoms with van der Waals surface area (Å²) in [6, 6.07) is 6.13. The van der Waals surface area contributed by atoms with Gasteiger partial charge in [0.25, 0.3) is 0 Å². The third kappa shape index (κ3) is 3.55. The average molecular weight is 305 g/mol. The van der Waals surface area contributed by atoms with Gasteiger partial charge in [-0.2, -0.15) is 0 Å². The molecule has 1 aromatic carbocycles. The van der Waals surface area contributed by atoms with Crippen molar-refractivity contribution in [3.63, 3.8) is 0 Å². The Kier molecular flexibility index (Phi) is 5.34. The molecule has 0 aliphatic rings. The molecule has 5 nitrogen and oxygen atoms in total. The van der Waals surface area contributed by atoms with Gasteiger partial charge in [-0.25, -0.2) is 0 Å². The number of nitrogens with one attached hydrogen (secondary N) is 2. The molecular formula is C17H25N2O3+. The van der Waals surface area contributed by atoms with Crippen molar-refractivity contribution in [1.29, 1.82) is 0 Å². The van der Waals surface area contributed by atoms with Crippen LogP contribution in [0, 0.1) is 13.8 Å². The van der Waals surface area contributed by atoms with Crippen LogP contribution >= 0.6 is 0 Å². The van der Waals surface area contributed by atoms with Crippen LogP contribution in [0.25, 0.3) is 10.9 Å². The van der Waals surface area contributed by atoms with Crippen LogP contribution < -0.4 is 4.90 Å². The third-order valence-electron chi connectivity index (χ3n) is 3.92. The first-order chi connectivity index (χ1) is 10.5. The second-order valence-corrected chi connectivity index (χ2v) is 5.84. The number of aryl methyl sites for hydroxylation is 2. The monoisotopic (exact) mass is 305 g/mol. The van der Waals surface area contributed by atoms with Gasteiger partial charge < -0.3 is 19.4 Å². The van der Waals surface area contributed by atoms with E-state index in [-0.39, 0.29) is 12.1 Å². The van der Waals surface area contributed by atoms with Crippen LogP contribution in [0.15, 0.2) is 18.2 Å². The molecule has 2 aromatic rings. The van der Waals surface area contributed by atoms with Gasteiger partial charge in [-0.1, -0.05) is 12.1 Å². The molecule has 120 valence electrons. The highest BCUT2D eigenvalue weighted by molar-refractivity contribution is 6.09. The van der Waals surface area contributed by atoms with Crippen LogP contribution in [-0.4, -0.2) is 51.4 Å². The number of carbonyl (C=O) groups excluding carboxylic acids is 1. The largest absolute Gasteiger partial charge is 0.358 e. The second-order valence-electron chi connectivity index (χ2n) is 5.84. The van der Waals surface area contributed by atoms with E-state index in [0.717, 1.165) is 27.1 Å². The average Bonchev–Trinajstić information content (AvgIpc) is 2.79. The van der Waals surface area contributed by atoms with Crippen LogP contribution in [0.4, 0.5) is 0 Å². The molecular weight excluding hydrogens is 280 g/mol. The minimum Gasteiger partial charge on any atom is -0.358 e. The molecule has 1 aromatic heterocycles. The maximum atomic E-state index is 12.7. The van der Waals surface area contributed by atoms with Crippen molar-refractivity contribution in [3.8, 4) is 0 Å². The zero-order chi connectivity index (χ0) is 16.3. The first-order valence-electron chi connectivity index (χ1n) is 7.45. The number of ketones is 1. The van der Waals surface area contributed by atoms with Crippen LogP contribution in [-0.2, 0) is 9.47 Å². The normalized spacial score (nSPS) is 13.0. The van der Waals surface area contributed by atoms with Crippen LogP contribution in [0.1, 0.15) is 21.6 Å². The van der Waals surface area contributed by atoms with Crippen molar-refractivity contribution in [2.45, 2.75) is 20.1 Å². The highest BCUT2D eigenvalue weighted by atomic mass is 16.7. The van der Waals surface area contributed by atoms with Gasteiger partial charge in [0.15, 0.2) is 0 Å². The standard InChI is InChI=1S/C17H24N2O3/c1-11-6-7-13-14(8-11)18-12(2)17(13)15(20)9-19(3)10-16(21-4)22-5/h6-8,16,18H,9-10H2,1-5H3/p+1. The fourth-order valence-corrected chi connectivity index (χ4v) is 2.79. The Hall–Kier alpha value is -1.69. The minimum atomic E-state index is -0.292. The Morgan fingerprint density at radius 3 is 2.59 bits per heavy atom. The number of aromatic nitrogens is 1. The lowest BCUT2D eigenvalue weighted by molar-refractivity contribution is -0.877. The van der Waals surface area contributed by atoms with E-state index in [1.807, 2.05) is 33.0 Å². The summed E-state index contributed by atoms with van der Waals surface area (Å²) in [6.45, 7) is 5.03. The first kappa shape index (κ1) is 16.7. The highest BCUT2D eigenvalue weighted by Crippen LogP contribution is 2.23. The van der Waals surface area contributed by atoms with Gasteiger partial charge in [-0.15, -0.1) is 0 Å². The maximum Gasteiger partial charge on any atom is 0.219 e. The molecule has 0 amide bonds. The molecule has 0 fully saturated rings. The molecule has 0 spiro atoms. The number of carbonyl (C=O) groups is 1. The predicted octanol–water partition coefficient (Wildman–Crippen LogP) is 1.10. The lowest BCUT2D eigenvalue weighted by atomic mass is 10.1. The van der Waals surface area contributed by atoms with Crippen molar-refractivity contribution in [2.24, 2.45) is 0 Å². The van der Waals surface area contributed by atoms with Gasteiger partial charge >= 0.3 is 0 Å². The van der Waals surface area contributed by atoms with Crippen molar-refractivity contribution in [3.05, 3.63) is 35.0 Å². The quantitative estimate of drug-likeness (QED) is 0.595. The molecule has 1 heterocycles. The summed E-state index contributed by atoms with van der Waals surface area (Å²) in [6.07, 6.45) is -0.292. The summed E-state index contributed by atoms with van der Waals surface area (Å²) in [4.78, 5) is 17.0. The highest BCUT2D eigenvalue weighted by Gasteiger charge is 2.21. The Labute approximate surface area is 131 Å². The van der Waals surface area contributed by atoms with E-state index in [4.69, 9.17) is 9.47 Å². The molecule has 0 radical (unpaired) electrons. The van der Waals surface area contributed by atoms with Crippen LogP contribution in [0.3, 0.4) is 0 Å². The van der Waals surface area contributed by atoms with Crippen molar-refractivity contribution < 1.29 is 19.2 Å². The molecule has 0 saturated carbocycles. The van der Waals surface area contributed by atoms with Gasteiger partial charge in [0.1, 0.15) is 13.1 Å². The number of ether oxygens (including phenoxy) is 2. The lowest BCUT2D eigenvalue weighted by Crippen LogP contribution is -3.11. The van der Waals surface area contributed by atoms with E-state index < -0.39 is 0 Å². The first-order valence-corrected chi connectivity index (χ1v) is 7.45. The Morgan fingerprint density at radius 1 is 1.27 bits per heavy atom. The predicted molar refractivity (Wildman–Crippen MR) is 86.5 cm³/mol. The van der Waals surface area contributed by atoms with E-state index in [0.29, 0.717) is 13.1 Å². The zero-order valence-corrected chi connectivity index (χ0v) is 13.9. The number of rotatable bonds is 7. The molecule has 0 bridgehead atoms. The molecule has 2 N–H and O–H groups in total. The minimum absolute atomic E-state index is 0.135. The van der Waals surface area contributed by atoms with Crippen molar-refractivity contribution in [2.75, 3.05) is 34.4 Å². The van der Waals surface area contributed by atoms with E-state index in [1.54, 1.807) is 14.2 Å². The number of methoxy groups -OCH3 is 2. The molecule has 0 aliphatic heterocycles. The number of hydrogen-bond acceptors (Lipinski definition) is 3. The zero-order valence-electron chi connectivity index (χ0n) is 13.9. The van der Waals surface area contributed by atoms with Crippen molar-refractivity contribution >= 4 is 16.7 Å². The number of likely N-dealkylation sites (N-methyl/N-ethyl adjacent to an activating group) is 1. The van der Waals surface area contributed by atoms with Crippen LogP contribution in [0.5, 0.6) is 0 Å². The van der Waals surface area contributed by atoms with E-state index in [9.17, 15) is 4.79 Å². The van der Waals surface area contributed by atoms with Crippen molar-refractivity contribution in [1.82, 2.24) is 4.98 Å². The number of fused-ring (bicyclic) bond motifs is 1. The lowest BCUT2D eigenvalue weighted by Gasteiger charge is -2.18. The molecule has 1 atom stereocenters. The van der Waals surface area contributed by atoms with Crippen LogP contribution in [0.2, 0.25) is 0 Å². The molecule has 2 rings (SSSR count). The summed E-state index contributed by atoms with van der Waals surface area (Å²) in [5, 5.41) is 0.996. The smallest absolute Gasteiger partial charge is 0.219 e. The topological polar surface area (TPSA) is 55.8 Å². The van der Waals surface area contributed by atoms with E-state index >= 15 is 0 Å². The summed E-state index contributed by atoms with van der Waals surface area (Å²) in [5.74, 6) is 0.135. The molecule has 0 saturated heterocycles. The molecule has 1 unspecified atom stereocenters. The number of Topliss-reactive ketones (excluding diaryl/α,β-unsaturated/α-hetero) is 1. The van der Waals surface area contributed by atoms with Gasteiger partial charge in [-0.05, 0) is 25.5 Å². The van der Waals surface area contributed by atoms with Gasteiger partial charge in [-0.3, -0.25) is 4.79 Å². The fourth-order valence-electron chi connectivity index (χ4n) is 2.79. The number of benzene rings is 1. The van der Waals surface area contributed by atoms with E-state index in [2.05, 4.69) is 11.1 Å². The third-order valence-corrected chi connectivity index (χ3v) is 3.92. The second kappa shape index (κ2) is 7.05. The number of quaternary nitrogens is 1. The van der Waals surface area contributed by atoms with Gasteiger partial charge in [0.2, 0.25) is 12.1 Å². The Morgan fingerprint density at radius 2 is 1.95 bits per heavy atom. The molecule has 22 heavy (non-hydrogen) atoms. The maximum absolute atomic E-state index is 12.7. The number of aromatic amines is 1. The summed E-state index contributed by atoms with van der Waals surface area (Å²) < 4.78 is 10.4. The Balaban J connectivity index is 2.18. The Bertz CT molecular complexity index is 659. The number of hydrogen-bond donors (Lipinski definition) is 2.